The molecule has 0 bridgehead atoms. The zero-order valence-corrected chi connectivity index (χ0v) is 21.3. The maximum Gasteiger partial charge on any atom is 0.0991 e. The first-order valence-corrected chi connectivity index (χ1v) is 14.0. The van der Waals surface area contributed by atoms with Gasteiger partial charge in [0.05, 0.1) is 11.6 Å². The Morgan fingerprint density at radius 2 is 1.74 bits per heavy atom. The second-order valence-corrected chi connectivity index (χ2v) is 11.6. The molecule has 3 fully saturated rings. The van der Waals surface area contributed by atoms with E-state index >= 15 is 0 Å². The van der Waals surface area contributed by atoms with Gasteiger partial charge in [-0.2, -0.15) is 5.26 Å². The quantitative estimate of drug-likeness (QED) is 0.651. The third kappa shape index (κ3) is 4.17. The number of hydrogen-bond acceptors (Lipinski definition) is 4. The molecule has 1 unspecified atom stereocenters. The standard InChI is InChI=1S/C31H40N4/c1-23-18-24(19-32)10-11-30(23)35-21-25(22-35)20-34-16-13-28(14-17-34)31(27-7-3-4-8-27)29-9-5-2-6-26(29)12-15-33-31/h2,5-6,9-11,18,25,27-28,33H,3-4,7-8,12-17,20-22H2,1H3. The highest BCUT2D eigenvalue weighted by Crippen LogP contribution is 2.50. The summed E-state index contributed by atoms with van der Waals surface area (Å²) in [7, 11) is 0. The number of nitriles is 1. The highest BCUT2D eigenvalue weighted by Gasteiger charge is 2.50. The van der Waals surface area contributed by atoms with Gasteiger partial charge in [-0.05, 0) is 98.8 Å². The van der Waals surface area contributed by atoms with Crippen LogP contribution in [0.15, 0.2) is 42.5 Å². The molecule has 184 valence electrons. The summed E-state index contributed by atoms with van der Waals surface area (Å²) in [5.74, 6) is 2.32. The van der Waals surface area contributed by atoms with Crippen LogP contribution in [-0.2, 0) is 12.0 Å². The summed E-state index contributed by atoms with van der Waals surface area (Å²) in [4.78, 5) is 5.24. The lowest BCUT2D eigenvalue weighted by molar-refractivity contribution is 0.0492. The van der Waals surface area contributed by atoms with Crippen molar-refractivity contribution in [1.29, 1.82) is 5.26 Å². The molecule has 1 N–H and O–H groups in total. The number of aryl methyl sites for hydroxylation is 1. The van der Waals surface area contributed by atoms with Crippen LogP contribution in [0.25, 0.3) is 0 Å². The summed E-state index contributed by atoms with van der Waals surface area (Å²) in [5.41, 5.74) is 6.74. The molecular weight excluding hydrogens is 428 g/mol. The van der Waals surface area contributed by atoms with Crippen molar-refractivity contribution in [1.82, 2.24) is 10.2 Å². The van der Waals surface area contributed by atoms with E-state index < -0.39 is 0 Å². The Kier molecular flexibility index (Phi) is 6.33. The largest absolute Gasteiger partial charge is 0.371 e. The summed E-state index contributed by atoms with van der Waals surface area (Å²) in [6.07, 6.45) is 9.44. The second-order valence-electron chi connectivity index (χ2n) is 11.6. The Morgan fingerprint density at radius 3 is 2.49 bits per heavy atom. The summed E-state index contributed by atoms with van der Waals surface area (Å²) >= 11 is 0. The molecule has 6 rings (SSSR count). The van der Waals surface area contributed by atoms with Gasteiger partial charge in [0.25, 0.3) is 0 Å². The third-order valence-corrected chi connectivity index (χ3v) is 9.65. The molecule has 3 heterocycles. The molecule has 0 aromatic heterocycles. The average molecular weight is 469 g/mol. The highest BCUT2D eigenvalue weighted by molar-refractivity contribution is 5.57. The maximum atomic E-state index is 9.14. The number of likely N-dealkylation sites (tertiary alicyclic amines) is 1. The van der Waals surface area contributed by atoms with Crippen LogP contribution in [0.5, 0.6) is 0 Å². The lowest BCUT2D eigenvalue weighted by Crippen LogP contribution is -2.59. The van der Waals surface area contributed by atoms with Crippen molar-refractivity contribution >= 4 is 5.69 Å². The van der Waals surface area contributed by atoms with Crippen LogP contribution in [0.1, 0.15) is 60.8 Å². The molecule has 2 aromatic carbocycles. The number of fused-ring (bicyclic) bond motifs is 1. The predicted molar refractivity (Wildman–Crippen MR) is 143 cm³/mol. The van der Waals surface area contributed by atoms with Gasteiger partial charge in [-0.1, -0.05) is 37.1 Å². The van der Waals surface area contributed by atoms with Crippen molar-refractivity contribution in [3.05, 3.63) is 64.7 Å². The van der Waals surface area contributed by atoms with E-state index in [-0.39, 0.29) is 5.54 Å². The Labute approximate surface area is 211 Å². The minimum atomic E-state index is 0.206. The van der Waals surface area contributed by atoms with E-state index in [9.17, 15) is 0 Å². The molecule has 0 amide bonds. The first-order chi connectivity index (χ1) is 17.2. The molecule has 4 nitrogen and oxygen atoms in total. The highest BCUT2D eigenvalue weighted by atomic mass is 15.2. The average Bonchev–Trinajstić information content (AvgIpc) is 3.42. The van der Waals surface area contributed by atoms with E-state index in [0.717, 1.165) is 43.0 Å². The number of piperidine rings is 1. The fraction of sp³-hybridized carbons (Fsp3) is 0.581. The fourth-order valence-electron chi connectivity index (χ4n) is 7.98. The monoisotopic (exact) mass is 468 g/mol. The van der Waals surface area contributed by atoms with Gasteiger partial charge in [-0.3, -0.25) is 0 Å². The van der Waals surface area contributed by atoms with Crippen molar-refractivity contribution in [2.75, 3.05) is 44.2 Å². The van der Waals surface area contributed by atoms with E-state index in [1.54, 1.807) is 11.1 Å². The van der Waals surface area contributed by atoms with Crippen molar-refractivity contribution in [3.63, 3.8) is 0 Å². The van der Waals surface area contributed by atoms with Crippen molar-refractivity contribution in [2.45, 2.75) is 57.4 Å². The zero-order chi connectivity index (χ0) is 23.8. The first-order valence-electron chi connectivity index (χ1n) is 14.0. The molecule has 1 atom stereocenters. The number of benzene rings is 2. The SMILES string of the molecule is Cc1cc(C#N)ccc1N1CC(CN2CCC(C3(C4CCCC4)NCCc4ccccc43)CC2)C1. The van der Waals surface area contributed by atoms with Crippen LogP contribution in [0.2, 0.25) is 0 Å². The molecular formula is C31H40N4. The van der Waals surface area contributed by atoms with Crippen LogP contribution in [0.4, 0.5) is 5.69 Å². The van der Waals surface area contributed by atoms with Gasteiger partial charge in [0.1, 0.15) is 0 Å². The van der Waals surface area contributed by atoms with Crippen molar-refractivity contribution in [3.8, 4) is 6.07 Å². The molecule has 3 aliphatic heterocycles. The summed E-state index contributed by atoms with van der Waals surface area (Å²) in [5, 5.41) is 13.3. The molecule has 1 aliphatic carbocycles. The lowest BCUT2D eigenvalue weighted by Gasteiger charge is -2.53. The van der Waals surface area contributed by atoms with Gasteiger partial charge >= 0.3 is 0 Å². The minimum absolute atomic E-state index is 0.206. The van der Waals surface area contributed by atoms with E-state index in [0.29, 0.717) is 0 Å². The first kappa shape index (κ1) is 23.1. The maximum absolute atomic E-state index is 9.14. The van der Waals surface area contributed by atoms with Crippen molar-refractivity contribution in [2.24, 2.45) is 17.8 Å². The van der Waals surface area contributed by atoms with Crippen molar-refractivity contribution < 1.29 is 0 Å². The van der Waals surface area contributed by atoms with E-state index in [4.69, 9.17) is 5.26 Å². The van der Waals surface area contributed by atoms with Gasteiger partial charge in [0.2, 0.25) is 0 Å². The third-order valence-electron chi connectivity index (χ3n) is 9.65. The number of hydrogen-bond donors (Lipinski definition) is 1. The minimum Gasteiger partial charge on any atom is -0.371 e. The van der Waals surface area contributed by atoms with Gasteiger partial charge in [-0.15, -0.1) is 0 Å². The Hall–Kier alpha value is -2.35. The molecule has 35 heavy (non-hydrogen) atoms. The molecule has 2 aromatic rings. The smallest absolute Gasteiger partial charge is 0.0991 e. The van der Waals surface area contributed by atoms with Gasteiger partial charge in [-0.25, -0.2) is 0 Å². The Bertz CT molecular complexity index is 1080. The van der Waals surface area contributed by atoms with Gasteiger partial charge in [0.15, 0.2) is 0 Å². The molecule has 4 heteroatoms. The number of anilines is 1. The number of nitrogens with one attached hydrogen (secondary N) is 1. The number of rotatable bonds is 5. The topological polar surface area (TPSA) is 42.3 Å². The van der Waals surface area contributed by atoms with Crippen LogP contribution in [0.3, 0.4) is 0 Å². The molecule has 4 aliphatic rings. The van der Waals surface area contributed by atoms with Gasteiger partial charge in [0, 0.05) is 43.3 Å². The second kappa shape index (κ2) is 9.60. The zero-order valence-electron chi connectivity index (χ0n) is 21.3. The molecule has 2 saturated heterocycles. The van der Waals surface area contributed by atoms with E-state index in [1.807, 2.05) is 12.1 Å². The predicted octanol–water partition coefficient (Wildman–Crippen LogP) is 5.25. The van der Waals surface area contributed by atoms with Crippen LogP contribution in [0, 0.1) is 36.0 Å². The van der Waals surface area contributed by atoms with Gasteiger partial charge < -0.3 is 15.1 Å². The summed E-state index contributed by atoms with van der Waals surface area (Å²) in [6, 6.07) is 17.7. The molecule has 0 radical (unpaired) electrons. The molecule has 0 spiro atoms. The number of nitrogens with zero attached hydrogens (tertiary/aromatic N) is 3. The Balaban J connectivity index is 1.09. The Morgan fingerprint density at radius 1 is 1.00 bits per heavy atom. The van der Waals surface area contributed by atoms with Crippen LogP contribution < -0.4 is 10.2 Å². The summed E-state index contributed by atoms with van der Waals surface area (Å²) < 4.78 is 0. The fourth-order valence-corrected chi connectivity index (χ4v) is 7.98. The lowest BCUT2D eigenvalue weighted by atomic mass is 9.63. The van der Waals surface area contributed by atoms with Crippen LogP contribution in [-0.4, -0.2) is 44.2 Å². The molecule has 1 saturated carbocycles. The summed E-state index contributed by atoms with van der Waals surface area (Å²) in [6.45, 7) is 9.29. The van der Waals surface area contributed by atoms with Crippen LogP contribution >= 0.6 is 0 Å². The van der Waals surface area contributed by atoms with E-state index in [1.165, 1.54) is 75.8 Å². The van der Waals surface area contributed by atoms with E-state index in [2.05, 4.69) is 58.4 Å². The normalized spacial score (nSPS) is 26.3.